The Morgan fingerprint density at radius 2 is 1.58 bits per heavy atom. The molecule has 4 rings (SSSR count). The highest BCUT2D eigenvalue weighted by Crippen LogP contribution is 2.22. The highest BCUT2D eigenvalue weighted by molar-refractivity contribution is 6.31. The summed E-state index contributed by atoms with van der Waals surface area (Å²) in [6.45, 7) is 2.30. The van der Waals surface area contributed by atoms with Gasteiger partial charge in [-0.1, -0.05) is 60.1 Å². The van der Waals surface area contributed by atoms with Gasteiger partial charge in [0.2, 0.25) is 5.91 Å². The molecular formula is C34H44ClN9O4. The van der Waals surface area contributed by atoms with Crippen LogP contribution in [0.1, 0.15) is 60.1 Å². The normalized spacial score (nSPS) is 14.2. The topological polar surface area (TPSA) is 213 Å². The summed E-state index contributed by atoms with van der Waals surface area (Å²) in [6, 6.07) is 16.0. The fourth-order valence-corrected chi connectivity index (χ4v) is 5.65. The number of halogens is 1. The lowest BCUT2D eigenvalue weighted by atomic mass is 9.91. The molecule has 1 fully saturated rings. The SMILES string of the molecule is COC(=O)[C@H](CC1CCNCC1)NC(=O)CCc1ccc(-c2ccc(CCCCN=C(N)NC(=O)c3nc(Cl)c(N)nc3N)cc2)cc1. The Morgan fingerprint density at radius 3 is 2.21 bits per heavy atom. The van der Waals surface area contributed by atoms with Gasteiger partial charge in [-0.05, 0) is 86.2 Å². The minimum Gasteiger partial charge on any atom is -0.467 e. The molecule has 2 heterocycles. The monoisotopic (exact) mass is 677 g/mol. The van der Waals surface area contributed by atoms with Gasteiger partial charge in [0.15, 0.2) is 28.4 Å². The van der Waals surface area contributed by atoms with Crippen molar-refractivity contribution in [2.45, 2.75) is 57.4 Å². The van der Waals surface area contributed by atoms with E-state index < -0.39 is 11.9 Å². The number of methoxy groups -OCH3 is 1. The molecule has 2 aromatic carbocycles. The third-order valence-electron chi connectivity index (χ3n) is 8.25. The van der Waals surface area contributed by atoms with Crippen LogP contribution in [0.3, 0.4) is 0 Å². The van der Waals surface area contributed by atoms with E-state index in [2.05, 4.69) is 67.3 Å². The fraction of sp³-hybridized carbons (Fsp3) is 0.412. The van der Waals surface area contributed by atoms with Crippen LogP contribution in [0.25, 0.3) is 11.1 Å². The van der Waals surface area contributed by atoms with Crippen LogP contribution in [-0.4, -0.2) is 66.5 Å². The van der Waals surface area contributed by atoms with Crippen molar-refractivity contribution >= 4 is 47.0 Å². The van der Waals surface area contributed by atoms with Crippen molar-refractivity contribution in [2.24, 2.45) is 16.6 Å². The van der Waals surface area contributed by atoms with Crippen molar-refractivity contribution in [2.75, 3.05) is 38.2 Å². The molecule has 1 atom stereocenters. The first-order valence-corrected chi connectivity index (χ1v) is 16.5. The number of amides is 2. The lowest BCUT2D eigenvalue weighted by molar-refractivity contribution is -0.145. The zero-order valence-corrected chi connectivity index (χ0v) is 27.9. The number of carbonyl (C=O) groups excluding carboxylic acids is 3. The van der Waals surface area contributed by atoms with Crippen LogP contribution in [0.4, 0.5) is 11.6 Å². The number of nitrogens with zero attached hydrogens (tertiary/aromatic N) is 3. The van der Waals surface area contributed by atoms with Crippen molar-refractivity contribution in [3.63, 3.8) is 0 Å². The third kappa shape index (κ3) is 10.9. The van der Waals surface area contributed by atoms with Gasteiger partial charge in [-0.3, -0.25) is 19.9 Å². The third-order valence-corrected chi connectivity index (χ3v) is 8.53. The summed E-state index contributed by atoms with van der Waals surface area (Å²) in [5.41, 5.74) is 21.3. The zero-order valence-electron chi connectivity index (χ0n) is 27.1. The Morgan fingerprint density at radius 1 is 0.958 bits per heavy atom. The minimum atomic E-state index is -0.672. The van der Waals surface area contributed by atoms with Gasteiger partial charge < -0.3 is 32.6 Å². The first kappa shape index (κ1) is 36.1. The van der Waals surface area contributed by atoms with E-state index in [-0.39, 0.29) is 40.3 Å². The molecule has 1 aromatic heterocycles. The minimum absolute atomic E-state index is 0.0528. The molecule has 256 valence electrons. The van der Waals surface area contributed by atoms with Crippen molar-refractivity contribution in [3.05, 3.63) is 70.5 Å². The molecule has 0 bridgehead atoms. The van der Waals surface area contributed by atoms with Gasteiger partial charge in [-0.25, -0.2) is 14.8 Å². The molecule has 0 saturated carbocycles. The van der Waals surface area contributed by atoms with E-state index in [0.29, 0.717) is 31.7 Å². The van der Waals surface area contributed by atoms with Crippen LogP contribution in [0.5, 0.6) is 0 Å². The molecule has 1 saturated heterocycles. The quantitative estimate of drug-likeness (QED) is 0.0635. The maximum absolute atomic E-state index is 12.7. The summed E-state index contributed by atoms with van der Waals surface area (Å²) in [7, 11) is 1.36. The second-order valence-corrected chi connectivity index (χ2v) is 12.1. The fourth-order valence-electron chi connectivity index (χ4n) is 5.52. The molecular weight excluding hydrogens is 634 g/mol. The van der Waals surface area contributed by atoms with Crippen LogP contribution < -0.4 is 33.2 Å². The van der Waals surface area contributed by atoms with E-state index in [0.717, 1.165) is 61.9 Å². The lowest BCUT2D eigenvalue weighted by Gasteiger charge is -2.26. The average molecular weight is 678 g/mol. The molecule has 14 heteroatoms. The van der Waals surface area contributed by atoms with Crippen molar-refractivity contribution < 1.29 is 19.1 Å². The summed E-state index contributed by atoms with van der Waals surface area (Å²) in [5.74, 6) is -1.09. The van der Waals surface area contributed by atoms with E-state index in [4.69, 9.17) is 33.5 Å². The number of piperidine rings is 1. The molecule has 1 aliphatic rings. The smallest absolute Gasteiger partial charge is 0.328 e. The van der Waals surface area contributed by atoms with Gasteiger partial charge in [0.25, 0.3) is 5.91 Å². The number of unbranched alkanes of at least 4 members (excludes halogenated alkanes) is 1. The maximum atomic E-state index is 12.7. The summed E-state index contributed by atoms with van der Waals surface area (Å²) >= 11 is 5.82. The molecule has 0 radical (unpaired) electrons. The number of benzene rings is 2. The molecule has 13 nitrogen and oxygen atoms in total. The van der Waals surface area contributed by atoms with Gasteiger partial charge in [-0.15, -0.1) is 0 Å². The number of nitrogen functional groups attached to an aromatic ring is 2. The Kier molecular flexibility index (Phi) is 13.5. The second-order valence-electron chi connectivity index (χ2n) is 11.8. The summed E-state index contributed by atoms with van der Waals surface area (Å²) in [6.07, 6.45) is 5.99. The predicted molar refractivity (Wildman–Crippen MR) is 187 cm³/mol. The van der Waals surface area contributed by atoms with Crippen molar-refractivity contribution in [3.8, 4) is 11.1 Å². The van der Waals surface area contributed by atoms with Gasteiger partial charge in [0.05, 0.1) is 7.11 Å². The summed E-state index contributed by atoms with van der Waals surface area (Å²) in [5, 5.41) is 8.52. The first-order valence-electron chi connectivity index (χ1n) is 16.1. The maximum Gasteiger partial charge on any atom is 0.328 e. The van der Waals surface area contributed by atoms with E-state index in [1.165, 1.54) is 12.7 Å². The highest BCUT2D eigenvalue weighted by atomic mass is 35.5. The summed E-state index contributed by atoms with van der Waals surface area (Å²) < 4.78 is 4.95. The number of esters is 1. The number of rotatable bonds is 14. The van der Waals surface area contributed by atoms with Crippen LogP contribution in [0, 0.1) is 5.92 Å². The van der Waals surface area contributed by atoms with E-state index in [1.54, 1.807) is 0 Å². The standard InChI is InChI=1S/C34H44ClN9O4/c1-48-33(47)26(20-23-15-18-39-19-16-23)41-27(45)14-9-22-7-12-25(13-8-22)24-10-5-21(6-11-24)4-2-3-17-40-34(38)44-32(46)28-30(36)43-31(37)29(35)42-28/h5-8,10-13,23,26,39H,2-4,9,14-20H2,1H3,(H,41,45)(H4,36,37,43)(H3,38,40,44,46)/t26-/m0/s1. The van der Waals surface area contributed by atoms with Gasteiger partial charge in [-0.2, -0.15) is 0 Å². The molecule has 0 aliphatic carbocycles. The number of ether oxygens (including phenoxy) is 1. The van der Waals surface area contributed by atoms with Crippen molar-refractivity contribution in [1.29, 1.82) is 0 Å². The molecule has 48 heavy (non-hydrogen) atoms. The molecule has 9 N–H and O–H groups in total. The molecule has 0 unspecified atom stereocenters. The van der Waals surface area contributed by atoms with Crippen molar-refractivity contribution in [1.82, 2.24) is 25.9 Å². The Labute approximate surface area is 285 Å². The van der Waals surface area contributed by atoms with E-state index >= 15 is 0 Å². The largest absolute Gasteiger partial charge is 0.467 e. The molecule has 2 amide bonds. The van der Waals surface area contributed by atoms with E-state index in [1.807, 2.05) is 12.1 Å². The number of aryl methyl sites for hydroxylation is 2. The number of anilines is 2. The molecule has 0 spiro atoms. The van der Waals surface area contributed by atoms with Crippen LogP contribution in [-0.2, 0) is 27.2 Å². The lowest BCUT2D eigenvalue weighted by Crippen LogP contribution is -2.44. The second kappa shape index (κ2) is 18.0. The Hall–Kier alpha value is -4.75. The predicted octanol–water partition coefficient (Wildman–Crippen LogP) is 3.01. The van der Waals surface area contributed by atoms with E-state index in [9.17, 15) is 14.4 Å². The average Bonchev–Trinajstić information content (AvgIpc) is 3.09. The number of hydrogen-bond acceptors (Lipinski definition) is 10. The Balaban J connectivity index is 1.17. The number of aromatic nitrogens is 2. The van der Waals surface area contributed by atoms with Crippen LogP contribution in [0.2, 0.25) is 5.15 Å². The number of nitrogens with one attached hydrogen (secondary N) is 3. The van der Waals surface area contributed by atoms with Gasteiger partial charge in [0, 0.05) is 13.0 Å². The highest BCUT2D eigenvalue weighted by Gasteiger charge is 2.26. The van der Waals surface area contributed by atoms with Crippen LogP contribution in [0.15, 0.2) is 53.5 Å². The number of aliphatic imine (C=N–C) groups is 1. The van der Waals surface area contributed by atoms with Gasteiger partial charge in [0.1, 0.15) is 6.04 Å². The number of hydrogen-bond donors (Lipinski definition) is 6. The van der Waals surface area contributed by atoms with Gasteiger partial charge >= 0.3 is 5.97 Å². The number of guanidine groups is 1. The molecule has 1 aliphatic heterocycles. The Bertz CT molecular complexity index is 1580. The number of carbonyl (C=O) groups is 3. The zero-order chi connectivity index (χ0) is 34.5. The first-order chi connectivity index (χ1) is 23.1. The summed E-state index contributed by atoms with van der Waals surface area (Å²) in [4.78, 5) is 49.1. The molecule has 3 aromatic rings. The van der Waals surface area contributed by atoms with Crippen LogP contribution >= 0.6 is 11.6 Å². The number of nitrogens with two attached hydrogens (primary N) is 3.